The molecule has 3 aromatic carbocycles. The number of nitrogens with zero attached hydrogens (tertiary/aromatic N) is 6. The summed E-state index contributed by atoms with van der Waals surface area (Å²) in [7, 11) is -1.38. The van der Waals surface area contributed by atoms with Crippen molar-refractivity contribution in [2.45, 2.75) is 43.7 Å². The van der Waals surface area contributed by atoms with Gasteiger partial charge in [0.05, 0.1) is 57.5 Å². The summed E-state index contributed by atoms with van der Waals surface area (Å²) in [5, 5.41) is 10.5. The molecule has 2 aliphatic carbocycles. The number of methoxy groups -OCH3 is 1. The van der Waals surface area contributed by atoms with Crippen molar-refractivity contribution in [2.24, 2.45) is 13.0 Å². The van der Waals surface area contributed by atoms with Crippen LogP contribution in [0.1, 0.15) is 63.5 Å². The van der Waals surface area contributed by atoms with Crippen LogP contribution in [0.2, 0.25) is 5.02 Å². The van der Waals surface area contributed by atoms with Crippen molar-refractivity contribution in [1.82, 2.24) is 34.4 Å². The number of rotatable bonds is 11. The molecule has 59 heavy (non-hydrogen) atoms. The van der Waals surface area contributed by atoms with Crippen LogP contribution in [0, 0.1) is 17.6 Å². The number of anilines is 1. The highest BCUT2D eigenvalue weighted by molar-refractivity contribution is 7.92. The Morgan fingerprint density at radius 1 is 1.07 bits per heavy atom. The molecule has 8 rings (SSSR count). The molecule has 3 heterocycles. The zero-order valence-corrected chi connectivity index (χ0v) is 32.3. The first-order chi connectivity index (χ1) is 27.8. The van der Waals surface area contributed by atoms with E-state index in [9.17, 15) is 40.4 Å². The minimum Gasteiger partial charge on any atom is -0.465 e. The third-order valence-electron chi connectivity index (χ3n) is 10.2. The van der Waals surface area contributed by atoms with Gasteiger partial charge in [-0.05, 0) is 60.4 Å². The molecule has 0 spiro atoms. The predicted molar refractivity (Wildman–Crippen MR) is 199 cm³/mol. The Labute approximate surface area is 333 Å². The lowest BCUT2D eigenvalue weighted by molar-refractivity contribution is -0.123. The van der Waals surface area contributed by atoms with Crippen LogP contribution in [0.25, 0.3) is 27.5 Å². The van der Waals surface area contributed by atoms with Crippen LogP contribution in [0.15, 0.2) is 53.3 Å². The number of alkyl halides is 4. The first-order valence-corrected chi connectivity index (χ1v) is 19.8. The summed E-state index contributed by atoms with van der Waals surface area (Å²) in [4.78, 5) is 46.0. The van der Waals surface area contributed by atoms with Gasteiger partial charge in [-0.1, -0.05) is 11.6 Å². The number of esters is 1. The van der Waals surface area contributed by atoms with Crippen molar-refractivity contribution in [3.8, 4) is 5.69 Å². The summed E-state index contributed by atoms with van der Waals surface area (Å²) < 4.78 is 123. The van der Waals surface area contributed by atoms with Gasteiger partial charge >= 0.3 is 5.97 Å². The number of carbonyl (C=O) groups excluding carboxylic acids is 2. The van der Waals surface area contributed by atoms with Gasteiger partial charge in [0.25, 0.3) is 17.9 Å². The molecule has 3 atom stereocenters. The van der Waals surface area contributed by atoms with E-state index in [0.29, 0.717) is 10.7 Å². The Morgan fingerprint density at radius 2 is 1.78 bits per heavy atom. The van der Waals surface area contributed by atoms with E-state index in [0.717, 1.165) is 30.1 Å². The number of nitrogens with one attached hydrogen (secondary N) is 2. The second-order valence-corrected chi connectivity index (χ2v) is 16.4. The monoisotopic (exact) mass is 862 g/mol. The number of hydrogen-bond acceptors (Lipinski definition) is 9. The van der Waals surface area contributed by atoms with Gasteiger partial charge in [0.2, 0.25) is 15.9 Å². The molecule has 2 aliphatic rings. The number of halogens is 7. The first-order valence-electron chi connectivity index (χ1n) is 17.6. The lowest BCUT2D eigenvalue weighted by Gasteiger charge is -2.24. The van der Waals surface area contributed by atoms with Crippen LogP contribution >= 0.6 is 11.6 Å². The average molecular weight is 863 g/mol. The Bertz CT molecular complexity index is 2930. The molecular formula is C37H29ClF6N8O6S. The second-order valence-electron chi connectivity index (χ2n) is 14.3. The standard InChI is InChI=1S/C37H29ClF6N8O6S/c1-50-30-25(7-6-22(38)28(30)33(48-50)49-59(3,56)57)52-34(46-23-11-16(36(55)58-2)4-5-19(23)35(52)54)24(10-15-8-17(39)12-18(40)9-15)45-26(53)14-51-31-27(29(47-51)32(41)42)20-13-21(20)37(31,43)44/h4-9,11-12,20-21,24,32H,10,13-14H2,1-3H3,(H,45,53)(H,48,49)/t20-,21+,24-/m0/s1. The topological polar surface area (TPSA) is 172 Å². The molecule has 22 heteroatoms. The van der Waals surface area contributed by atoms with Crippen molar-refractivity contribution < 1.29 is 49.1 Å². The van der Waals surface area contributed by atoms with E-state index in [1.54, 1.807) is 0 Å². The lowest BCUT2D eigenvalue weighted by Crippen LogP contribution is -2.38. The van der Waals surface area contributed by atoms with Crippen molar-refractivity contribution in [1.29, 1.82) is 0 Å². The maximum atomic E-state index is 15.4. The molecule has 6 aromatic rings. The van der Waals surface area contributed by atoms with Crippen LogP contribution in [0.5, 0.6) is 0 Å². The third kappa shape index (κ3) is 6.94. The fourth-order valence-corrected chi connectivity index (χ4v) is 8.56. The molecule has 0 unspecified atom stereocenters. The summed E-state index contributed by atoms with van der Waals surface area (Å²) in [6.07, 6.45) is -2.88. The average Bonchev–Trinajstić information content (AvgIpc) is 3.69. The smallest absolute Gasteiger partial charge is 0.337 e. The summed E-state index contributed by atoms with van der Waals surface area (Å²) in [5.74, 6) is -10.1. The van der Waals surface area contributed by atoms with E-state index in [2.05, 4.69) is 25.2 Å². The van der Waals surface area contributed by atoms with Crippen LogP contribution in [-0.2, 0) is 45.5 Å². The number of aryl methyl sites for hydroxylation is 1. The molecule has 1 amide bonds. The van der Waals surface area contributed by atoms with Crippen molar-refractivity contribution in [3.63, 3.8) is 0 Å². The van der Waals surface area contributed by atoms with E-state index >= 15 is 8.78 Å². The summed E-state index contributed by atoms with van der Waals surface area (Å²) in [5.41, 5.74) is -3.05. The highest BCUT2D eigenvalue weighted by atomic mass is 35.5. The molecule has 0 saturated heterocycles. The number of aromatic nitrogens is 6. The van der Waals surface area contributed by atoms with Gasteiger partial charge in [-0.25, -0.2) is 35.8 Å². The van der Waals surface area contributed by atoms with Gasteiger partial charge in [-0.2, -0.15) is 19.0 Å². The minimum atomic E-state index is -3.93. The van der Waals surface area contributed by atoms with Gasteiger partial charge in [-0.3, -0.25) is 28.2 Å². The molecule has 0 bridgehead atoms. The zero-order valence-electron chi connectivity index (χ0n) is 30.7. The van der Waals surface area contributed by atoms with Crippen LogP contribution in [-0.4, -0.2) is 62.8 Å². The first kappa shape index (κ1) is 39.8. The zero-order chi connectivity index (χ0) is 42.5. The quantitative estimate of drug-likeness (QED) is 0.121. The van der Waals surface area contributed by atoms with E-state index in [1.165, 1.54) is 42.1 Å². The maximum absolute atomic E-state index is 15.4. The summed E-state index contributed by atoms with van der Waals surface area (Å²) >= 11 is 6.57. The molecular weight excluding hydrogens is 834 g/mol. The molecule has 1 fully saturated rings. The Morgan fingerprint density at radius 3 is 2.44 bits per heavy atom. The van der Waals surface area contributed by atoms with E-state index in [4.69, 9.17) is 16.3 Å². The second kappa shape index (κ2) is 14.1. The van der Waals surface area contributed by atoms with Gasteiger partial charge in [0.15, 0.2) is 5.82 Å². The Hall–Kier alpha value is -5.96. The number of ether oxygens (including phenoxy) is 1. The largest absolute Gasteiger partial charge is 0.465 e. The van der Waals surface area contributed by atoms with E-state index in [1.807, 2.05) is 0 Å². The number of benzene rings is 3. The van der Waals surface area contributed by atoms with Crippen molar-refractivity contribution >= 4 is 61.1 Å². The van der Waals surface area contributed by atoms with E-state index < -0.39 is 93.7 Å². The van der Waals surface area contributed by atoms with Gasteiger partial charge in [-0.15, -0.1) is 0 Å². The van der Waals surface area contributed by atoms with Gasteiger partial charge in [0, 0.05) is 31.0 Å². The van der Waals surface area contributed by atoms with Gasteiger partial charge < -0.3 is 10.1 Å². The fraction of sp³-hybridized carbons (Fsp3) is 0.297. The third-order valence-corrected chi connectivity index (χ3v) is 11.1. The lowest BCUT2D eigenvalue weighted by atomic mass is 10.0. The fourth-order valence-electron chi connectivity index (χ4n) is 7.82. The van der Waals surface area contributed by atoms with Gasteiger partial charge in [0.1, 0.15) is 35.4 Å². The normalized spacial score (nSPS) is 17.3. The molecule has 3 aromatic heterocycles. The number of amides is 1. The minimum absolute atomic E-state index is 0.00137. The Kier molecular flexibility index (Phi) is 9.53. The molecule has 2 N–H and O–H groups in total. The number of carbonyl (C=O) groups is 2. The summed E-state index contributed by atoms with van der Waals surface area (Å²) in [6.45, 7) is -1.02. The highest BCUT2D eigenvalue weighted by Gasteiger charge is 2.67. The van der Waals surface area contributed by atoms with Crippen LogP contribution in [0.4, 0.5) is 32.2 Å². The van der Waals surface area contributed by atoms with Crippen LogP contribution < -0.4 is 15.6 Å². The molecule has 308 valence electrons. The highest BCUT2D eigenvalue weighted by Crippen LogP contribution is 2.68. The van der Waals surface area contributed by atoms with E-state index in [-0.39, 0.29) is 67.3 Å². The van der Waals surface area contributed by atoms with Crippen LogP contribution in [0.3, 0.4) is 0 Å². The van der Waals surface area contributed by atoms with Crippen molar-refractivity contribution in [2.75, 3.05) is 18.1 Å². The molecule has 1 saturated carbocycles. The Balaban J connectivity index is 1.34. The summed E-state index contributed by atoms with van der Waals surface area (Å²) in [6, 6.07) is 7.38. The SMILES string of the molecule is COC(=O)c1ccc2c(=O)n(-c3ccc(Cl)c4c(NS(C)(=O)=O)nn(C)c34)c([C@H](Cc3cc(F)cc(F)c3)NC(=O)Cn3nc(C(F)F)c4c3C(F)(F)[C@@H]3C[C@H]43)nc2c1. The number of fused-ring (bicyclic) bond motifs is 5. The number of sulfonamides is 1. The maximum Gasteiger partial charge on any atom is 0.337 e. The molecule has 0 radical (unpaired) electrons. The molecule has 0 aliphatic heterocycles. The number of hydrogen-bond donors (Lipinski definition) is 2. The predicted octanol–water partition coefficient (Wildman–Crippen LogP) is 5.81. The molecule has 14 nitrogen and oxygen atoms in total. The van der Waals surface area contributed by atoms with Crippen molar-refractivity contribution in [3.05, 3.63) is 109 Å².